The number of amides is 2. The zero-order valence-electron chi connectivity index (χ0n) is 17.0. The number of ether oxygens (including phenoxy) is 1. The molecule has 9 nitrogen and oxygen atoms in total. The van der Waals surface area contributed by atoms with E-state index in [-0.39, 0.29) is 23.8 Å². The molecule has 0 saturated carbocycles. The van der Waals surface area contributed by atoms with Crippen molar-refractivity contribution in [3.63, 3.8) is 0 Å². The molecular weight excluding hydrogens is 398 g/mol. The number of nitrogens with zero attached hydrogens (tertiary/aromatic N) is 1. The summed E-state index contributed by atoms with van der Waals surface area (Å²) in [5.41, 5.74) is 1.70. The van der Waals surface area contributed by atoms with Gasteiger partial charge in [-0.25, -0.2) is 0 Å². The highest BCUT2D eigenvalue weighted by Gasteiger charge is 2.35. The van der Waals surface area contributed by atoms with Crippen LogP contribution in [-0.4, -0.2) is 28.9 Å². The van der Waals surface area contributed by atoms with Gasteiger partial charge in [-0.2, -0.15) is 4.98 Å². The van der Waals surface area contributed by atoms with Crippen LogP contribution in [0.1, 0.15) is 23.5 Å². The minimum absolute atomic E-state index is 0.0577. The average Bonchev–Trinajstić information content (AvgIpc) is 2.74. The molecule has 3 aromatic rings. The summed E-state index contributed by atoms with van der Waals surface area (Å²) in [7, 11) is 1.53. The van der Waals surface area contributed by atoms with Crippen LogP contribution in [0.5, 0.6) is 5.75 Å². The molecule has 1 atom stereocenters. The Morgan fingerprint density at radius 2 is 1.81 bits per heavy atom. The zero-order valence-corrected chi connectivity index (χ0v) is 17.0. The first kappa shape index (κ1) is 20.1. The summed E-state index contributed by atoms with van der Waals surface area (Å²) in [5, 5.41) is 8.38. The lowest BCUT2D eigenvalue weighted by Gasteiger charge is -2.24. The predicted molar refractivity (Wildman–Crippen MR) is 117 cm³/mol. The molecule has 0 bridgehead atoms. The van der Waals surface area contributed by atoms with Gasteiger partial charge in [-0.3, -0.25) is 19.4 Å². The summed E-state index contributed by atoms with van der Waals surface area (Å²) >= 11 is 0. The average molecular weight is 419 g/mol. The number of carbonyl (C=O) groups excluding carboxylic acids is 2. The van der Waals surface area contributed by atoms with Crippen LogP contribution in [0, 0.1) is 6.92 Å². The summed E-state index contributed by atoms with van der Waals surface area (Å²) in [4.78, 5) is 45.0. The molecule has 0 radical (unpaired) electrons. The summed E-state index contributed by atoms with van der Waals surface area (Å²) in [6.07, 6.45) is -0.144. The number of para-hydroxylation sites is 3. The van der Waals surface area contributed by atoms with Crippen molar-refractivity contribution in [1.29, 1.82) is 0 Å². The van der Waals surface area contributed by atoms with E-state index < -0.39 is 23.3 Å². The summed E-state index contributed by atoms with van der Waals surface area (Å²) < 4.78 is 5.29. The van der Waals surface area contributed by atoms with E-state index in [0.29, 0.717) is 17.1 Å². The first-order chi connectivity index (χ1) is 15.0. The normalized spacial score (nSPS) is 14.9. The van der Waals surface area contributed by atoms with E-state index in [1.54, 1.807) is 30.3 Å². The number of aromatic nitrogens is 2. The van der Waals surface area contributed by atoms with Crippen LogP contribution >= 0.6 is 0 Å². The molecule has 2 amide bonds. The molecule has 9 heteroatoms. The molecule has 0 fully saturated rings. The van der Waals surface area contributed by atoms with Crippen LogP contribution in [0.3, 0.4) is 0 Å². The number of anilines is 4. The van der Waals surface area contributed by atoms with E-state index in [1.165, 1.54) is 7.11 Å². The van der Waals surface area contributed by atoms with E-state index in [0.717, 1.165) is 5.56 Å². The van der Waals surface area contributed by atoms with Gasteiger partial charge in [0.2, 0.25) is 17.8 Å². The molecule has 4 rings (SSSR count). The van der Waals surface area contributed by atoms with Gasteiger partial charge in [0, 0.05) is 12.1 Å². The SMILES string of the molecule is COc1ccccc1Nc1nc2c(c(=O)[nH]1)[C@@H](C(=O)Nc1ccccc1C)CC(=O)N2. The van der Waals surface area contributed by atoms with Gasteiger partial charge in [-0.05, 0) is 30.7 Å². The number of benzene rings is 2. The number of rotatable bonds is 5. The number of aryl methyl sites for hydroxylation is 1. The summed E-state index contributed by atoms with van der Waals surface area (Å²) in [5.74, 6) is -1.06. The number of fused-ring (bicyclic) bond motifs is 1. The molecule has 0 spiro atoms. The second-order valence-electron chi connectivity index (χ2n) is 7.11. The van der Waals surface area contributed by atoms with Gasteiger partial charge < -0.3 is 20.7 Å². The topological polar surface area (TPSA) is 125 Å². The van der Waals surface area contributed by atoms with Gasteiger partial charge in [0.15, 0.2) is 0 Å². The number of hydrogen-bond donors (Lipinski definition) is 4. The van der Waals surface area contributed by atoms with E-state index in [9.17, 15) is 14.4 Å². The van der Waals surface area contributed by atoms with Crippen LogP contribution in [-0.2, 0) is 9.59 Å². The quantitative estimate of drug-likeness (QED) is 0.504. The van der Waals surface area contributed by atoms with Crippen LogP contribution in [0.25, 0.3) is 0 Å². The van der Waals surface area contributed by atoms with Gasteiger partial charge in [0.05, 0.1) is 24.3 Å². The largest absolute Gasteiger partial charge is 0.495 e. The highest BCUT2D eigenvalue weighted by Crippen LogP contribution is 2.31. The molecule has 1 aromatic heterocycles. The molecule has 2 aromatic carbocycles. The van der Waals surface area contributed by atoms with Crippen LogP contribution in [0.2, 0.25) is 0 Å². The maximum atomic E-state index is 12.9. The summed E-state index contributed by atoms with van der Waals surface area (Å²) in [6, 6.07) is 14.4. The maximum absolute atomic E-state index is 12.9. The molecule has 0 aliphatic carbocycles. The highest BCUT2D eigenvalue weighted by atomic mass is 16.5. The van der Waals surface area contributed by atoms with Crippen LogP contribution < -0.4 is 26.2 Å². The monoisotopic (exact) mass is 419 g/mol. The second-order valence-corrected chi connectivity index (χ2v) is 7.11. The Morgan fingerprint density at radius 3 is 2.55 bits per heavy atom. The van der Waals surface area contributed by atoms with Crippen molar-refractivity contribution in [3.05, 3.63) is 70.0 Å². The van der Waals surface area contributed by atoms with E-state index in [4.69, 9.17) is 4.74 Å². The second kappa shape index (κ2) is 8.31. The Kier molecular flexibility index (Phi) is 5.40. The number of carbonyl (C=O) groups is 2. The van der Waals surface area contributed by atoms with Gasteiger partial charge in [0.25, 0.3) is 5.56 Å². The molecule has 1 aliphatic heterocycles. The molecule has 31 heavy (non-hydrogen) atoms. The fourth-order valence-corrected chi connectivity index (χ4v) is 3.46. The standard InChI is InChI=1S/C22H21N5O4/c1-12-7-3-4-8-14(12)23-20(29)13-11-17(28)25-19-18(13)21(30)27-22(26-19)24-15-9-5-6-10-16(15)31-2/h3-10,13H,11H2,1-2H3,(H,23,29)(H3,24,25,26,27,28,30)/t13-/m0/s1. The smallest absolute Gasteiger partial charge is 0.258 e. The first-order valence-corrected chi connectivity index (χ1v) is 9.67. The van der Waals surface area contributed by atoms with E-state index in [2.05, 4.69) is 25.9 Å². The Labute approximate surface area is 177 Å². The minimum atomic E-state index is -0.958. The van der Waals surface area contributed by atoms with Gasteiger partial charge in [0.1, 0.15) is 11.6 Å². The van der Waals surface area contributed by atoms with Crippen molar-refractivity contribution in [2.75, 3.05) is 23.1 Å². The van der Waals surface area contributed by atoms with Gasteiger partial charge in [-0.1, -0.05) is 30.3 Å². The Bertz CT molecular complexity index is 1220. The van der Waals surface area contributed by atoms with E-state index in [1.807, 2.05) is 25.1 Å². The predicted octanol–water partition coefficient (Wildman–Crippen LogP) is 2.90. The third-order valence-electron chi connectivity index (χ3n) is 5.03. The van der Waals surface area contributed by atoms with Crippen molar-refractivity contribution in [2.45, 2.75) is 19.3 Å². The lowest BCUT2D eigenvalue weighted by molar-refractivity contribution is -0.123. The fourth-order valence-electron chi connectivity index (χ4n) is 3.46. The zero-order chi connectivity index (χ0) is 22.0. The van der Waals surface area contributed by atoms with Gasteiger partial charge in [-0.15, -0.1) is 0 Å². The van der Waals surface area contributed by atoms with Gasteiger partial charge >= 0.3 is 0 Å². The highest BCUT2D eigenvalue weighted by molar-refractivity contribution is 6.04. The van der Waals surface area contributed by atoms with Crippen molar-refractivity contribution >= 4 is 35.0 Å². The first-order valence-electron chi connectivity index (χ1n) is 9.67. The molecule has 0 unspecified atom stereocenters. The van der Waals surface area contributed by atoms with E-state index >= 15 is 0 Å². The van der Waals surface area contributed by atoms with Crippen LogP contribution in [0.15, 0.2) is 53.3 Å². The van der Waals surface area contributed by atoms with Crippen molar-refractivity contribution in [2.24, 2.45) is 0 Å². The molecule has 2 heterocycles. The number of nitrogens with one attached hydrogen (secondary N) is 4. The Hall–Kier alpha value is -4.14. The molecule has 1 aliphatic rings. The number of methoxy groups -OCH3 is 1. The third kappa shape index (κ3) is 4.11. The van der Waals surface area contributed by atoms with Crippen molar-refractivity contribution in [3.8, 4) is 5.75 Å². The molecule has 158 valence electrons. The maximum Gasteiger partial charge on any atom is 0.258 e. The molecule has 4 N–H and O–H groups in total. The summed E-state index contributed by atoms with van der Waals surface area (Å²) in [6.45, 7) is 1.86. The van der Waals surface area contributed by atoms with Crippen LogP contribution in [0.4, 0.5) is 23.1 Å². The minimum Gasteiger partial charge on any atom is -0.495 e. The Morgan fingerprint density at radius 1 is 1.10 bits per heavy atom. The number of H-pyrrole nitrogens is 1. The van der Waals surface area contributed by atoms with Crippen molar-refractivity contribution in [1.82, 2.24) is 9.97 Å². The third-order valence-corrected chi connectivity index (χ3v) is 5.03. The fraction of sp³-hybridized carbons (Fsp3) is 0.182. The molecular formula is C22H21N5O4. The number of hydrogen-bond acceptors (Lipinski definition) is 6. The number of aromatic amines is 1. The lowest BCUT2D eigenvalue weighted by atomic mass is 9.92. The Balaban J connectivity index is 1.66. The van der Waals surface area contributed by atoms with Crippen molar-refractivity contribution < 1.29 is 14.3 Å². The lowest BCUT2D eigenvalue weighted by Crippen LogP contribution is -2.36. The molecule has 0 saturated heterocycles.